The topological polar surface area (TPSA) is 45.1 Å². The van der Waals surface area contributed by atoms with Crippen LogP contribution in [0.15, 0.2) is 35.2 Å². The summed E-state index contributed by atoms with van der Waals surface area (Å²) in [5.41, 5.74) is 1.12. The molecule has 2 atom stereocenters. The number of aromatic nitrogens is 1. The van der Waals surface area contributed by atoms with Crippen LogP contribution in [0.25, 0.3) is 0 Å². The van der Waals surface area contributed by atoms with Crippen LogP contribution in [0.1, 0.15) is 31.0 Å². The van der Waals surface area contributed by atoms with Crippen LogP contribution in [0.5, 0.6) is 0 Å². The largest absolute Gasteiger partial charge is 0.384 e. The molecule has 0 aliphatic heterocycles. The monoisotopic (exact) mass is 296 g/mol. The molecule has 0 radical (unpaired) electrons. The van der Waals surface area contributed by atoms with E-state index < -0.39 is 5.60 Å². The van der Waals surface area contributed by atoms with Crippen LogP contribution in [0.2, 0.25) is 5.15 Å². The quantitative estimate of drug-likeness (QED) is 0.832. The lowest BCUT2D eigenvalue weighted by molar-refractivity contribution is 0.0548. The van der Waals surface area contributed by atoms with Crippen LogP contribution in [0.4, 0.5) is 0 Å². The standard InChI is InChI=1S/C14H17ClN2OS/c1-10(11-3-5-16-13(15)7-11)17-9-14(2,18)12-4-6-19-8-12/h3-8,10,17-18H,9H2,1-2H3. The zero-order chi connectivity index (χ0) is 13.9. The summed E-state index contributed by atoms with van der Waals surface area (Å²) in [6, 6.07) is 5.80. The number of nitrogens with one attached hydrogen (secondary N) is 1. The Kier molecular flexibility index (Phi) is 4.58. The Morgan fingerprint density at radius 3 is 2.95 bits per heavy atom. The number of rotatable bonds is 5. The smallest absolute Gasteiger partial charge is 0.129 e. The molecule has 0 aliphatic carbocycles. The van der Waals surface area contributed by atoms with Crippen LogP contribution in [0, 0.1) is 0 Å². The van der Waals surface area contributed by atoms with Crippen molar-refractivity contribution >= 4 is 22.9 Å². The second-order valence-electron chi connectivity index (χ2n) is 4.80. The first-order chi connectivity index (χ1) is 8.99. The molecular formula is C14H17ClN2OS. The maximum absolute atomic E-state index is 10.4. The summed E-state index contributed by atoms with van der Waals surface area (Å²) in [5.74, 6) is 0. The summed E-state index contributed by atoms with van der Waals surface area (Å²) >= 11 is 7.46. The molecule has 2 aromatic heterocycles. The van der Waals surface area contributed by atoms with Gasteiger partial charge in [-0.25, -0.2) is 4.98 Å². The molecule has 102 valence electrons. The molecular weight excluding hydrogens is 280 g/mol. The van der Waals surface area contributed by atoms with E-state index in [0.29, 0.717) is 11.7 Å². The first-order valence-corrected chi connectivity index (χ1v) is 7.41. The minimum atomic E-state index is -0.870. The van der Waals surface area contributed by atoms with Crippen LogP contribution in [-0.2, 0) is 5.60 Å². The predicted molar refractivity (Wildman–Crippen MR) is 79.6 cm³/mol. The molecule has 0 amide bonds. The molecule has 0 aliphatic rings. The van der Waals surface area contributed by atoms with Gasteiger partial charge in [-0.05, 0) is 53.9 Å². The molecule has 2 unspecified atom stereocenters. The van der Waals surface area contributed by atoms with Gasteiger partial charge < -0.3 is 10.4 Å². The Labute approximate surface area is 122 Å². The van der Waals surface area contributed by atoms with E-state index in [1.54, 1.807) is 17.5 Å². The summed E-state index contributed by atoms with van der Waals surface area (Å²) in [7, 11) is 0. The Balaban J connectivity index is 1.99. The fourth-order valence-electron chi connectivity index (χ4n) is 1.83. The van der Waals surface area contributed by atoms with Gasteiger partial charge in [0.1, 0.15) is 10.8 Å². The van der Waals surface area contributed by atoms with E-state index in [9.17, 15) is 5.11 Å². The van der Waals surface area contributed by atoms with E-state index in [4.69, 9.17) is 11.6 Å². The van der Waals surface area contributed by atoms with Gasteiger partial charge in [0.25, 0.3) is 0 Å². The van der Waals surface area contributed by atoms with Gasteiger partial charge in [-0.1, -0.05) is 11.6 Å². The van der Waals surface area contributed by atoms with Crippen molar-refractivity contribution in [1.29, 1.82) is 0 Å². The van der Waals surface area contributed by atoms with Crippen molar-refractivity contribution < 1.29 is 5.11 Å². The van der Waals surface area contributed by atoms with Crippen LogP contribution >= 0.6 is 22.9 Å². The number of hydrogen-bond donors (Lipinski definition) is 2. The normalized spacial score (nSPS) is 16.0. The minimum absolute atomic E-state index is 0.102. The zero-order valence-corrected chi connectivity index (χ0v) is 12.5. The highest BCUT2D eigenvalue weighted by atomic mass is 35.5. The van der Waals surface area contributed by atoms with Crippen molar-refractivity contribution in [2.45, 2.75) is 25.5 Å². The van der Waals surface area contributed by atoms with Crippen molar-refractivity contribution in [3.05, 3.63) is 51.4 Å². The minimum Gasteiger partial charge on any atom is -0.384 e. The zero-order valence-electron chi connectivity index (χ0n) is 10.9. The van der Waals surface area contributed by atoms with Crippen LogP contribution in [-0.4, -0.2) is 16.6 Å². The van der Waals surface area contributed by atoms with E-state index in [1.165, 1.54) is 0 Å². The molecule has 0 fully saturated rings. The summed E-state index contributed by atoms with van der Waals surface area (Å²) in [5, 5.41) is 18.2. The molecule has 0 saturated heterocycles. The highest BCUT2D eigenvalue weighted by molar-refractivity contribution is 7.08. The van der Waals surface area contributed by atoms with Gasteiger partial charge >= 0.3 is 0 Å². The second kappa shape index (κ2) is 6.01. The number of aliphatic hydroxyl groups is 1. The number of hydrogen-bond acceptors (Lipinski definition) is 4. The van der Waals surface area contributed by atoms with E-state index in [1.807, 2.05) is 42.8 Å². The third-order valence-corrected chi connectivity index (χ3v) is 4.04. The molecule has 2 N–H and O–H groups in total. The van der Waals surface area contributed by atoms with Gasteiger partial charge in [0, 0.05) is 18.8 Å². The van der Waals surface area contributed by atoms with Crippen molar-refractivity contribution in [2.24, 2.45) is 0 Å². The SMILES string of the molecule is CC(NCC(C)(O)c1ccsc1)c1ccnc(Cl)c1. The molecule has 19 heavy (non-hydrogen) atoms. The Bertz CT molecular complexity index is 528. The number of nitrogens with zero attached hydrogens (tertiary/aromatic N) is 1. The lowest BCUT2D eigenvalue weighted by atomic mass is 9.98. The first kappa shape index (κ1) is 14.5. The van der Waals surface area contributed by atoms with E-state index >= 15 is 0 Å². The summed E-state index contributed by atoms with van der Waals surface area (Å²) in [4.78, 5) is 3.96. The van der Waals surface area contributed by atoms with Crippen molar-refractivity contribution in [1.82, 2.24) is 10.3 Å². The van der Waals surface area contributed by atoms with E-state index in [0.717, 1.165) is 11.1 Å². The van der Waals surface area contributed by atoms with Gasteiger partial charge in [-0.3, -0.25) is 0 Å². The van der Waals surface area contributed by atoms with Gasteiger partial charge in [0.15, 0.2) is 0 Å². The van der Waals surface area contributed by atoms with Crippen LogP contribution < -0.4 is 5.32 Å². The molecule has 0 spiro atoms. The predicted octanol–water partition coefficient (Wildman–Crippen LogP) is 3.35. The molecule has 0 aromatic carbocycles. The van der Waals surface area contributed by atoms with Crippen molar-refractivity contribution in [3.8, 4) is 0 Å². The average Bonchev–Trinajstić information content (AvgIpc) is 2.90. The van der Waals surface area contributed by atoms with E-state index in [2.05, 4.69) is 10.3 Å². The maximum Gasteiger partial charge on any atom is 0.129 e. The Morgan fingerprint density at radius 1 is 1.53 bits per heavy atom. The molecule has 3 nitrogen and oxygen atoms in total. The molecule has 2 rings (SSSR count). The Hall–Kier alpha value is -0.940. The third kappa shape index (κ3) is 3.76. The fourth-order valence-corrected chi connectivity index (χ4v) is 2.79. The average molecular weight is 297 g/mol. The lowest BCUT2D eigenvalue weighted by Crippen LogP contribution is -2.36. The summed E-state index contributed by atoms with van der Waals surface area (Å²) < 4.78 is 0. The first-order valence-electron chi connectivity index (χ1n) is 6.09. The number of halogens is 1. The van der Waals surface area contributed by atoms with Crippen molar-refractivity contribution in [3.63, 3.8) is 0 Å². The van der Waals surface area contributed by atoms with Gasteiger partial charge in [-0.2, -0.15) is 11.3 Å². The lowest BCUT2D eigenvalue weighted by Gasteiger charge is -2.25. The molecule has 0 saturated carbocycles. The maximum atomic E-state index is 10.4. The molecule has 0 bridgehead atoms. The molecule has 2 heterocycles. The second-order valence-corrected chi connectivity index (χ2v) is 5.97. The fraction of sp³-hybridized carbons (Fsp3) is 0.357. The number of pyridine rings is 1. The van der Waals surface area contributed by atoms with Gasteiger partial charge in [-0.15, -0.1) is 0 Å². The molecule has 2 aromatic rings. The third-order valence-electron chi connectivity index (χ3n) is 3.15. The van der Waals surface area contributed by atoms with Crippen LogP contribution in [0.3, 0.4) is 0 Å². The highest BCUT2D eigenvalue weighted by Crippen LogP contribution is 2.23. The summed E-state index contributed by atoms with van der Waals surface area (Å²) in [6.07, 6.45) is 1.69. The summed E-state index contributed by atoms with van der Waals surface area (Å²) in [6.45, 7) is 4.33. The Morgan fingerprint density at radius 2 is 2.32 bits per heavy atom. The van der Waals surface area contributed by atoms with E-state index in [-0.39, 0.29) is 6.04 Å². The molecule has 5 heteroatoms. The van der Waals surface area contributed by atoms with Gasteiger partial charge in [0.2, 0.25) is 0 Å². The highest BCUT2D eigenvalue weighted by Gasteiger charge is 2.24. The van der Waals surface area contributed by atoms with Gasteiger partial charge in [0.05, 0.1) is 0 Å². The number of thiophene rings is 1. The van der Waals surface area contributed by atoms with Crippen molar-refractivity contribution in [2.75, 3.05) is 6.54 Å².